The Hall–Kier alpha value is -4.11. The van der Waals surface area contributed by atoms with Crippen molar-refractivity contribution in [2.24, 2.45) is 0 Å². The molecule has 0 bridgehead atoms. The molecule has 0 saturated carbocycles. The van der Waals surface area contributed by atoms with Crippen molar-refractivity contribution in [2.75, 3.05) is 10.6 Å². The molecule has 4 aromatic rings. The lowest BCUT2D eigenvalue weighted by molar-refractivity contribution is 0.480. The van der Waals surface area contributed by atoms with Gasteiger partial charge in [0.1, 0.15) is 13.9 Å². The molecule has 1 aliphatic heterocycles. The van der Waals surface area contributed by atoms with Crippen LogP contribution in [0.4, 0.5) is 25.8 Å². The molecule has 8 nitrogen and oxygen atoms in total. The number of fused-ring (bicyclic) bond motifs is 1. The maximum Gasteiger partial charge on any atom is 0.249 e. The molecule has 0 fully saturated rings. The summed E-state index contributed by atoms with van der Waals surface area (Å²) < 4.78 is 27.1. The largest absolute Gasteiger partial charge is 0.378 e. The second-order valence-corrected chi connectivity index (χ2v) is 8.87. The minimum absolute atomic E-state index is 0.129. The van der Waals surface area contributed by atoms with Crippen LogP contribution >= 0.6 is 23.2 Å². The van der Waals surface area contributed by atoms with E-state index in [1.165, 1.54) is 6.20 Å². The van der Waals surface area contributed by atoms with Gasteiger partial charge in [-0.05, 0) is 29.8 Å². The lowest BCUT2D eigenvalue weighted by Gasteiger charge is -2.34. The number of halogens is 4. The van der Waals surface area contributed by atoms with Gasteiger partial charge >= 0.3 is 0 Å². The maximum absolute atomic E-state index is 13.8. The van der Waals surface area contributed by atoms with Gasteiger partial charge < -0.3 is 21.5 Å². The van der Waals surface area contributed by atoms with E-state index in [9.17, 15) is 14.0 Å². The van der Waals surface area contributed by atoms with Gasteiger partial charge in [-0.15, -0.1) is 0 Å². The molecule has 5 N–H and O–H groups in total. The first-order valence-corrected chi connectivity index (χ1v) is 11.4. The van der Waals surface area contributed by atoms with E-state index in [0.717, 1.165) is 12.3 Å². The SMILES string of the molecule is [B]C(Nc1cc(Cl)c2ncc(C#N)c(Nc3cnc(F)c(F)c3)c2c1)(C1=CNNN1)c1ccc(Cl)cc1. The normalized spacial score (nSPS) is 14.2. The number of pyridine rings is 2. The van der Waals surface area contributed by atoms with Gasteiger partial charge in [-0.2, -0.15) is 15.2 Å². The summed E-state index contributed by atoms with van der Waals surface area (Å²) in [5, 5.41) is 17.2. The van der Waals surface area contributed by atoms with E-state index in [4.69, 9.17) is 31.0 Å². The molecular formula is C24H15BCl2F2N8. The zero-order valence-corrected chi connectivity index (χ0v) is 20.2. The Morgan fingerprint density at radius 1 is 1.03 bits per heavy atom. The van der Waals surface area contributed by atoms with Crippen molar-refractivity contribution >= 4 is 59.0 Å². The van der Waals surface area contributed by atoms with Gasteiger partial charge in [0.15, 0.2) is 5.82 Å². The highest BCUT2D eigenvalue weighted by molar-refractivity contribution is 6.36. The molecule has 0 spiro atoms. The Morgan fingerprint density at radius 3 is 2.49 bits per heavy atom. The molecular weight excluding hydrogens is 520 g/mol. The van der Waals surface area contributed by atoms with Crippen molar-refractivity contribution in [3.8, 4) is 6.07 Å². The number of hydrogen-bond donors (Lipinski definition) is 5. The fraction of sp³-hybridized carbons (Fsp3) is 0.0417. The predicted octanol–water partition coefficient (Wildman–Crippen LogP) is 4.72. The molecule has 5 rings (SSSR count). The van der Waals surface area contributed by atoms with Gasteiger partial charge in [0.25, 0.3) is 0 Å². The Labute approximate surface area is 221 Å². The van der Waals surface area contributed by atoms with Crippen molar-refractivity contribution in [3.05, 3.63) is 99.7 Å². The van der Waals surface area contributed by atoms with Crippen molar-refractivity contribution in [2.45, 2.75) is 5.44 Å². The molecule has 0 aliphatic carbocycles. The van der Waals surface area contributed by atoms with Gasteiger partial charge in [0, 0.05) is 34.6 Å². The Morgan fingerprint density at radius 2 is 1.81 bits per heavy atom. The van der Waals surface area contributed by atoms with Crippen LogP contribution in [0.15, 0.2) is 66.8 Å². The van der Waals surface area contributed by atoms with Gasteiger partial charge in [-0.3, -0.25) is 4.98 Å². The number of hydrazine groups is 2. The number of benzene rings is 2. The van der Waals surface area contributed by atoms with E-state index in [1.54, 1.807) is 42.6 Å². The zero-order valence-electron chi connectivity index (χ0n) is 18.7. The van der Waals surface area contributed by atoms with Crippen LogP contribution in [-0.4, -0.2) is 17.8 Å². The van der Waals surface area contributed by atoms with E-state index in [2.05, 4.69) is 37.0 Å². The first-order chi connectivity index (χ1) is 17.8. The van der Waals surface area contributed by atoms with Crippen LogP contribution in [0.5, 0.6) is 0 Å². The van der Waals surface area contributed by atoms with Crippen molar-refractivity contribution < 1.29 is 8.78 Å². The Kier molecular flexibility index (Phi) is 6.47. The summed E-state index contributed by atoms with van der Waals surface area (Å²) in [4.78, 5) is 7.69. The van der Waals surface area contributed by atoms with E-state index in [-0.39, 0.29) is 22.0 Å². The predicted molar refractivity (Wildman–Crippen MR) is 139 cm³/mol. The number of nitriles is 1. The van der Waals surface area contributed by atoms with Gasteiger partial charge in [-0.1, -0.05) is 35.3 Å². The molecule has 0 amide bonds. The molecule has 0 saturated heterocycles. The number of aromatic nitrogens is 2. The van der Waals surface area contributed by atoms with Crippen LogP contribution in [-0.2, 0) is 5.44 Å². The quantitative estimate of drug-likeness (QED) is 0.179. The summed E-state index contributed by atoms with van der Waals surface area (Å²) in [6, 6.07) is 13.3. The van der Waals surface area contributed by atoms with Crippen LogP contribution in [0.25, 0.3) is 10.9 Å². The van der Waals surface area contributed by atoms with Gasteiger partial charge in [-0.25, -0.2) is 9.37 Å². The molecule has 2 aromatic heterocycles. The van der Waals surface area contributed by atoms with Crippen LogP contribution in [0.3, 0.4) is 0 Å². The van der Waals surface area contributed by atoms with Crippen LogP contribution in [0.1, 0.15) is 11.1 Å². The smallest absolute Gasteiger partial charge is 0.249 e. The monoisotopic (exact) mass is 534 g/mol. The minimum atomic E-state index is -1.28. The fourth-order valence-corrected chi connectivity index (χ4v) is 4.27. The molecule has 1 unspecified atom stereocenters. The van der Waals surface area contributed by atoms with E-state index in [0.29, 0.717) is 32.9 Å². The first-order valence-electron chi connectivity index (χ1n) is 10.7. The van der Waals surface area contributed by atoms with Crippen LogP contribution in [0.2, 0.25) is 10.0 Å². The number of anilines is 3. The number of rotatable bonds is 6. The highest BCUT2D eigenvalue weighted by Crippen LogP contribution is 2.38. The highest BCUT2D eigenvalue weighted by atomic mass is 35.5. The summed E-state index contributed by atoms with van der Waals surface area (Å²) in [7, 11) is 6.87. The zero-order chi connectivity index (χ0) is 26.2. The lowest BCUT2D eigenvalue weighted by atomic mass is 9.69. The van der Waals surface area contributed by atoms with Crippen molar-refractivity contribution in [3.63, 3.8) is 0 Å². The molecule has 2 radical (unpaired) electrons. The maximum atomic E-state index is 13.8. The number of hydrogen-bond acceptors (Lipinski definition) is 8. The highest BCUT2D eigenvalue weighted by Gasteiger charge is 2.33. The van der Waals surface area contributed by atoms with Crippen LogP contribution in [0, 0.1) is 23.1 Å². The Bertz CT molecular complexity index is 1590. The summed E-state index contributed by atoms with van der Waals surface area (Å²) in [5.74, 6) is -2.38. The molecule has 2 aromatic carbocycles. The molecule has 1 aliphatic rings. The standard InChI is InChI=1S/C24H15BCl2F2N8/c25-24(20-11-33-37-36-20,13-1-3-14(26)4-2-13)35-15-5-17-21(34-16-7-19(28)23(29)32-10-16)12(8-30)9-31-22(17)18(27)6-15/h1-7,9-11,33,35-37H,(H,31,34). The first kappa shape index (κ1) is 24.6. The molecule has 182 valence electrons. The fourth-order valence-electron chi connectivity index (χ4n) is 3.88. The molecule has 37 heavy (non-hydrogen) atoms. The summed E-state index contributed by atoms with van der Waals surface area (Å²) in [6.07, 6.45) is 4.10. The van der Waals surface area contributed by atoms with Gasteiger partial charge in [0.05, 0.1) is 44.8 Å². The topological polar surface area (TPSA) is 110 Å². The van der Waals surface area contributed by atoms with E-state index in [1.807, 2.05) is 6.07 Å². The molecule has 3 heterocycles. The minimum Gasteiger partial charge on any atom is -0.378 e. The Balaban J connectivity index is 1.63. The molecule has 1 atom stereocenters. The summed E-state index contributed by atoms with van der Waals surface area (Å²) >= 11 is 12.7. The third-order valence-corrected chi connectivity index (χ3v) is 6.20. The van der Waals surface area contributed by atoms with E-state index < -0.39 is 17.2 Å². The number of nitrogens with one attached hydrogen (secondary N) is 5. The third-order valence-electron chi connectivity index (χ3n) is 5.66. The van der Waals surface area contributed by atoms with Crippen LogP contribution < -0.4 is 27.0 Å². The average Bonchev–Trinajstić information content (AvgIpc) is 3.43. The molecule has 13 heteroatoms. The summed E-state index contributed by atoms with van der Waals surface area (Å²) in [6.45, 7) is 0. The van der Waals surface area contributed by atoms with Crippen molar-refractivity contribution in [1.82, 2.24) is 26.4 Å². The van der Waals surface area contributed by atoms with Gasteiger partial charge in [0.2, 0.25) is 5.95 Å². The van der Waals surface area contributed by atoms with E-state index >= 15 is 0 Å². The summed E-state index contributed by atoms with van der Waals surface area (Å²) in [5.41, 5.74) is 9.91. The van der Waals surface area contributed by atoms with Crippen molar-refractivity contribution in [1.29, 1.82) is 5.26 Å². The lowest BCUT2D eigenvalue weighted by Crippen LogP contribution is -2.44. The second-order valence-electron chi connectivity index (χ2n) is 8.03. The average molecular weight is 535 g/mol. The number of nitrogens with zero attached hydrogens (tertiary/aromatic N) is 3. The second kappa shape index (κ2) is 9.74. The third kappa shape index (κ3) is 4.70.